The molecule has 0 aliphatic carbocycles. The van der Waals surface area contributed by atoms with Crippen LogP contribution in [-0.4, -0.2) is 40.3 Å². The quantitative estimate of drug-likeness (QED) is 0.464. The maximum atomic E-state index is 13.0. The van der Waals surface area contributed by atoms with Crippen LogP contribution in [0.3, 0.4) is 0 Å². The predicted octanol–water partition coefficient (Wildman–Crippen LogP) is 5.33. The highest BCUT2D eigenvalue weighted by Gasteiger charge is 2.27. The van der Waals surface area contributed by atoms with Gasteiger partial charge in [0.05, 0.1) is 6.54 Å². The number of hydrogen-bond acceptors (Lipinski definition) is 4. The molecule has 0 saturated carbocycles. The van der Waals surface area contributed by atoms with Crippen LogP contribution in [0.15, 0.2) is 46.9 Å². The normalized spacial score (nSPS) is 16.1. The maximum Gasteiger partial charge on any atom is 0.198 e. The third kappa shape index (κ3) is 3.45. The lowest BCUT2D eigenvalue weighted by molar-refractivity contribution is 0.0907. The minimum Gasteiger partial charge on any atom is -0.440 e. The van der Waals surface area contributed by atoms with E-state index in [1.165, 1.54) is 0 Å². The van der Waals surface area contributed by atoms with Crippen molar-refractivity contribution in [2.24, 2.45) is 0 Å². The number of H-pyrrole nitrogens is 1. The summed E-state index contributed by atoms with van der Waals surface area (Å²) in [6, 6.07) is 13.5. The second-order valence-corrected chi connectivity index (χ2v) is 8.24. The number of carbonyl (C=O) groups is 1. The highest BCUT2D eigenvalue weighted by Crippen LogP contribution is 2.31. The zero-order chi connectivity index (χ0) is 20.0. The Morgan fingerprint density at radius 3 is 2.86 bits per heavy atom. The molecule has 3 heterocycles. The van der Waals surface area contributed by atoms with Gasteiger partial charge in [-0.15, -0.1) is 0 Å². The third-order valence-corrected chi connectivity index (χ3v) is 6.08. The average molecular weight is 408 g/mol. The van der Waals surface area contributed by atoms with Gasteiger partial charge >= 0.3 is 0 Å². The number of nitrogens with one attached hydrogen (secondary N) is 1. The Kier molecular flexibility index (Phi) is 4.64. The van der Waals surface area contributed by atoms with Crippen LogP contribution in [0.2, 0.25) is 5.02 Å². The third-order valence-electron chi connectivity index (χ3n) is 5.84. The molecule has 0 unspecified atom stereocenters. The molecule has 1 aliphatic heterocycles. The summed E-state index contributed by atoms with van der Waals surface area (Å²) in [7, 11) is 0. The van der Waals surface area contributed by atoms with Gasteiger partial charge in [0, 0.05) is 33.1 Å². The Morgan fingerprint density at radius 1 is 1.24 bits per heavy atom. The molecule has 148 valence electrons. The van der Waals surface area contributed by atoms with Crippen LogP contribution in [0, 0.1) is 6.92 Å². The summed E-state index contributed by atoms with van der Waals surface area (Å²) in [5.41, 5.74) is 4.36. The van der Waals surface area contributed by atoms with Crippen LogP contribution in [-0.2, 0) is 0 Å². The molecule has 6 heteroatoms. The summed E-state index contributed by atoms with van der Waals surface area (Å²) in [4.78, 5) is 23.2. The smallest absolute Gasteiger partial charge is 0.198 e. The van der Waals surface area contributed by atoms with Crippen LogP contribution in [0.25, 0.3) is 22.0 Å². The van der Waals surface area contributed by atoms with Gasteiger partial charge in [-0.1, -0.05) is 29.8 Å². The van der Waals surface area contributed by atoms with Crippen molar-refractivity contribution in [3.8, 4) is 0 Å². The van der Waals surface area contributed by atoms with Crippen molar-refractivity contribution >= 4 is 39.4 Å². The molecular formula is C23H22ClN3O2. The number of Topliss-reactive ketones (excluding diaryl/α,β-unsaturated/α-hetero) is 1. The lowest BCUT2D eigenvalue weighted by Gasteiger charge is -2.29. The number of nitrogens with zero attached hydrogens (tertiary/aromatic N) is 2. The fraction of sp³-hybridized carbons (Fsp3) is 0.304. The van der Waals surface area contributed by atoms with Crippen LogP contribution >= 0.6 is 11.6 Å². The first-order valence-electron chi connectivity index (χ1n) is 9.97. The van der Waals surface area contributed by atoms with E-state index in [9.17, 15) is 4.79 Å². The Hall–Kier alpha value is -2.63. The Balaban J connectivity index is 1.26. The lowest BCUT2D eigenvalue weighted by Crippen LogP contribution is -2.37. The van der Waals surface area contributed by atoms with Crippen molar-refractivity contribution in [3.63, 3.8) is 0 Å². The van der Waals surface area contributed by atoms with Gasteiger partial charge in [0.25, 0.3) is 0 Å². The molecule has 2 aromatic heterocycles. The molecule has 29 heavy (non-hydrogen) atoms. The van der Waals surface area contributed by atoms with Crippen molar-refractivity contribution in [2.75, 3.05) is 19.6 Å². The standard InChI is InChI=1S/C23H22ClN3O2/c1-14-22(17-4-2-3-5-18(17)25-14)20(28)13-27-10-8-15(9-11-27)23-26-19-12-16(24)6-7-21(19)29-23/h2-7,12,15,25H,8-11,13H2,1H3. The first-order chi connectivity index (χ1) is 14.1. The van der Waals surface area contributed by atoms with E-state index >= 15 is 0 Å². The van der Waals surface area contributed by atoms with Crippen LogP contribution < -0.4 is 0 Å². The SMILES string of the molecule is Cc1[nH]c2ccccc2c1C(=O)CN1CCC(c2nc3cc(Cl)ccc3o2)CC1. The minimum absolute atomic E-state index is 0.176. The van der Waals surface area contributed by atoms with Gasteiger partial charge in [-0.25, -0.2) is 4.98 Å². The highest BCUT2D eigenvalue weighted by molar-refractivity contribution is 6.31. The van der Waals surface area contributed by atoms with Gasteiger partial charge < -0.3 is 9.40 Å². The van der Waals surface area contributed by atoms with E-state index in [0.29, 0.717) is 11.6 Å². The van der Waals surface area contributed by atoms with E-state index in [1.54, 1.807) is 0 Å². The second-order valence-electron chi connectivity index (χ2n) is 7.81. The summed E-state index contributed by atoms with van der Waals surface area (Å²) in [5, 5.41) is 1.67. The first kappa shape index (κ1) is 18.4. The molecule has 1 fully saturated rings. The molecule has 0 atom stereocenters. The van der Waals surface area contributed by atoms with Crippen LogP contribution in [0.5, 0.6) is 0 Å². The topological polar surface area (TPSA) is 62.1 Å². The number of rotatable bonds is 4. The Bertz CT molecular complexity index is 1200. The number of aromatic nitrogens is 2. The first-order valence-corrected chi connectivity index (χ1v) is 10.3. The zero-order valence-electron chi connectivity index (χ0n) is 16.2. The number of likely N-dealkylation sites (tertiary alicyclic amines) is 1. The van der Waals surface area contributed by atoms with E-state index in [0.717, 1.165) is 65.1 Å². The zero-order valence-corrected chi connectivity index (χ0v) is 17.0. The summed E-state index contributed by atoms with van der Waals surface area (Å²) in [5.74, 6) is 1.23. The molecule has 0 bridgehead atoms. The summed E-state index contributed by atoms with van der Waals surface area (Å²) in [6.07, 6.45) is 1.86. The van der Waals surface area contributed by atoms with Gasteiger partial charge in [0.15, 0.2) is 17.3 Å². The van der Waals surface area contributed by atoms with Crippen molar-refractivity contribution in [3.05, 3.63) is 64.6 Å². The molecule has 1 saturated heterocycles. The van der Waals surface area contributed by atoms with Crippen molar-refractivity contribution in [1.29, 1.82) is 0 Å². The number of ketones is 1. The van der Waals surface area contributed by atoms with Crippen LogP contribution in [0.1, 0.15) is 40.7 Å². The van der Waals surface area contributed by atoms with E-state index in [2.05, 4.69) is 14.9 Å². The van der Waals surface area contributed by atoms with Gasteiger partial charge in [-0.05, 0) is 57.1 Å². The molecule has 0 radical (unpaired) electrons. The van der Waals surface area contributed by atoms with Crippen LogP contribution in [0.4, 0.5) is 0 Å². The summed E-state index contributed by atoms with van der Waals surface area (Å²) < 4.78 is 5.94. The molecule has 0 amide bonds. The number of para-hydroxylation sites is 1. The van der Waals surface area contributed by atoms with Gasteiger partial charge in [0.2, 0.25) is 0 Å². The molecule has 4 aromatic rings. The van der Waals surface area contributed by atoms with Crippen molar-refractivity contribution in [2.45, 2.75) is 25.7 Å². The van der Waals surface area contributed by atoms with E-state index in [-0.39, 0.29) is 11.7 Å². The van der Waals surface area contributed by atoms with Gasteiger partial charge in [-0.2, -0.15) is 0 Å². The van der Waals surface area contributed by atoms with Gasteiger partial charge in [-0.3, -0.25) is 9.69 Å². The van der Waals surface area contributed by atoms with Crippen molar-refractivity contribution in [1.82, 2.24) is 14.9 Å². The molecule has 5 rings (SSSR count). The molecule has 5 nitrogen and oxygen atoms in total. The van der Waals surface area contributed by atoms with Gasteiger partial charge in [0.1, 0.15) is 5.52 Å². The summed E-state index contributed by atoms with van der Waals surface area (Å²) >= 11 is 6.05. The Labute approximate surface area is 173 Å². The average Bonchev–Trinajstić information content (AvgIpc) is 3.28. The summed E-state index contributed by atoms with van der Waals surface area (Å²) in [6.45, 7) is 4.13. The number of halogens is 1. The van der Waals surface area contributed by atoms with Crippen molar-refractivity contribution < 1.29 is 9.21 Å². The number of hydrogen-bond donors (Lipinski definition) is 1. The fourth-order valence-corrected chi connectivity index (χ4v) is 4.52. The second kappa shape index (κ2) is 7.32. The highest BCUT2D eigenvalue weighted by atomic mass is 35.5. The number of aryl methyl sites for hydroxylation is 1. The largest absolute Gasteiger partial charge is 0.440 e. The number of oxazole rings is 1. The molecule has 0 spiro atoms. The van der Waals surface area contributed by atoms with E-state index in [1.807, 2.05) is 49.4 Å². The lowest BCUT2D eigenvalue weighted by atomic mass is 9.96. The number of piperidine rings is 1. The monoisotopic (exact) mass is 407 g/mol. The van der Waals surface area contributed by atoms with E-state index < -0.39 is 0 Å². The number of benzene rings is 2. The molecule has 1 aliphatic rings. The number of fused-ring (bicyclic) bond motifs is 2. The molecule has 1 N–H and O–H groups in total. The van der Waals surface area contributed by atoms with E-state index in [4.69, 9.17) is 16.0 Å². The minimum atomic E-state index is 0.176. The maximum absolute atomic E-state index is 13.0. The predicted molar refractivity (Wildman–Crippen MR) is 115 cm³/mol. The Morgan fingerprint density at radius 2 is 2.03 bits per heavy atom. The number of carbonyl (C=O) groups excluding carboxylic acids is 1. The fourth-order valence-electron chi connectivity index (χ4n) is 4.35. The molecule has 2 aromatic carbocycles. The molecular weight excluding hydrogens is 386 g/mol. The number of aromatic amines is 1.